The number of methoxy groups -OCH3 is 1. The van der Waals surface area contributed by atoms with Crippen molar-refractivity contribution < 1.29 is 23.9 Å². The van der Waals surface area contributed by atoms with E-state index in [0.717, 1.165) is 0 Å². The molecular weight excluding hydrogens is 336 g/mol. The summed E-state index contributed by atoms with van der Waals surface area (Å²) in [6.07, 6.45) is 0.271. The number of anilines is 2. The van der Waals surface area contributed by atoms with Crippen LogP contribution in [0.4, 0.5) is 11.4 Å². The molecule has 0 saturated heterocycles. The predicted molar refractivity (Wildman–Crippen MR) is 97.3 cm³/mol. The van der Waals surface area contributed by atoms with Crippen molar-refractivity contribution in [3.05, 3.63) is 54.1 Å². The van der Waals surface area contributed by atoms with Crippen molar-refractivity contribution in [1.82, 2.24) is 0 Å². The molecule has 7 heteroatoms. The van der Waals surface area contributed by atoms with Gasteiger partial charge in [0.25, 0.3) is 5.91 Å². The van der Waals surface area contributed by atoms with Gasteiger partial charge in [-0.25, -0.2) is 0 Å². The van der Waals surface area contributed by atoms with Gasteiger partial charge in [0.15, 0.2) is 0 Å². The lowest BCUT2D eigenvalue weighted by atomic mass is 10.2. The molecule has 2 N–H and O–H groups in total. The van der Waals surface area contributed by atoms with E-state index in [1.165, 1.54) is 20.1 Å². The largest absolute Gasteiger partial charge is 0.427 e. The Morgan fingerprint density at radius 1 is 0.962 bits per heavy atom. The normalized spacial score (nSPS) is 10.1. The molecule has 0 bridgehead atoms. The van der Waals surface area contributed by atoms with Crippen LogP contribution < -0.4 is 15.4 Å². The molecule has 0 saturated carbocycles. The Morgan fingerprint density at radius 2 is 1.62 bits per heavy atom. The predicted octanol–water partition coefficient (Wildman–Crippen LogP) is 2.84. The van der Waals surface area contributed by atoms with E-state index in [9.17, 15) is 14.4 Å². The zero-order valence-corrected chi connectivity index (χ0v) is 14.6. The standard InChI is InChI=1S/C19H20N2O5/c1-13(22)26-17-5-3-4-14(12-17)19(24)21-16-8-6-15(7-9-16)20-18(23)10-11-25-2/h3-9,12H,10-11H2,1-2H3,(H,20,23)(H,21,24). The summed E-state index contributed by atoms with van der Waals surface area (Å²) in [5.41, 5.74) is 1.56. The minimum absolute atomic E-state index is 0.147. The molecular formula is C19H20N2O5. The Kier molecular flexibility index (Phi) is 6.87. The van der Waals surface area contributed by atoms with E-state index in [-0.39, 0.29) is 18.2 Å². The van der Waals surface area contributed by atoms with Crippen LogP contribution in [-0.4, -0.2) is 31.5 Å². The number of ether oxygens (including phenoxy) is 2. The van der Waals surface area contributed by atoms with Gasteiger partial charge in [0.05, 0.1) is 13.0 Å². The lowest BCUT2D eigenvalue weighted by Crippen LogP contribution is -2.14. The number of amides is 2. The highest BCUT2D eigenvalue weighted by atomic mass is 16.5. The van der Waals surface area contributed by atoms with Gasteiger partial charge >= 0.3 is 5.97 Å². The van der Waals surface area contributed by atoms with Crippen LogP contribution in [-0.2, 0) is 14.3 Å². The van der Waals surface area contributed by atoms with Crippen LogP contribution in [0.1, 0.15) is 23.7 Å². The average Bonchev–Trinajstić information content (AvgIpc) is 2.61. The Labute approximate surface area is 151 Å². The van der Waals surface area contributed by atoms with Crippen molar-refractivity contribution in [3.8, 4) is 5.75 Å². The highest BCUT2D eigenvalue weighted by molar-refractivity contribution is 6.04. The van der Waals surface area contributed by atoms with E-state index in [2.05, 4.69) is 10.6 Å². The third kappa shape index (κ3) is 6.03. The molecule has 2 amide bonds. The third-order valence-corrected chi connectivity index (χ3v) is 3.32. The maximum absolute atomic E-state index is 12.3. The number of carbonyl (C=O) groups is 3. The van der Waals surface area contributed by atoms with Gasteiger partial charge in [-0.05, 0) is 42.5 Å². The lowest BCUT2D eigenvalue weighted by Gasteiger charge is -2.09. The topological polar surface area (TPSA) is 93.7 Å². The molecule has 0 fully saturated rings. The van der Waals surface area contributed by atoms with Crippen molar-refractivity contribution in [1.29, 1.82) is 0 Å². The van der Waals surface area contributed by atoms with Crippen molar-refractivity contribution in [2.24, 2.45) is 0 Å². The van der Waals surface area contributed by atoms with Gasteiger partial charge in [0.2, 0.25) is 5.91 Å². The Morgan fingerprint density at radius 3 is 2.23 bits per heavy atom. The molecule has 0 unspecified atom stereocenters. The number of rotatable bonds is 7. The molecule has 2 aromatic carbocycles. The summed E-state index contributed by atoms with van der Waals surface area (Å²) in [4.78, 5) is 34.9. The van der Waals surface area contributed by atoms with Crippen molar-refractivity contribution in [2.45, 2.75) is 13.3 Å². The Balaban J connectivity index is 1.97. The first kappa shape index (κ1) is 19.1. The van der Waals surface area contributed by atoms with Crippen molar-refractivity contribution in [3.63, 3.8) is 0 Å². The molecule has 0 aliphatic carbocycles. The molecule has 26 heavy (non-hydrogen) atoms. The van der Waals surface area contributed by atoms with Gasteiger partial charge < -0.3 is 20.1 Å². The zero-order chi connectivity index (χ0) is 18.9. The Hall–Kier alpha value is -3.19. The molecule has 7 nitrogen and oxygen atoms in total. The Bertz CT molecular complexity index is 787. The van der Waals surface area contributed by atoms with Gasteiger partial charge in [-0.3, -0.25) is 14.4 Å². The summed E-state index contributed by atoms with van der Waals surface area (Å²) >= 11 is 0. The zero-order valence-electron chi connectivity index (χ0n) is 14.6. The first-order valence-corrected chi connectivity index (χ1v) is 7.96. The van der Waals surface area contributed by atoms with E-state index in [1.54, 1.807) is 42.5 Å². The van der Waals surface area contributed by atoms with Crippen LogP contribution in [0.15, 0.2) is 48.5 Å². The number of carbonyl (C=O) groups excluding carboxylic acids is 3. The third-order valence-electron chi connectivity index (χ3n) is 3.32. The molecule has 0 heterocycles. The van der Waals surface area contributed by atoms with Crippen LogP contribution in [0.25, 0.3) is 0 Å². The SMILES string of the molecule is COCCC(=O)Nc1ccc(NC(=O)c2cccc(OC(C)=O)c2)cc1. The van der Waals surface area contributed by atoms with E-state index in [1.807, 2.05) is 0 Å². The van der Waals surface area contributed by atoms with E-state index >= 15 is 0 Å². The molecule has 0 aromatic heterocycles. The first-order chi connectivity index (χ1) is 12.5. The van der Waals surface area contributed by atoms with Gasteiger partial charge in [0, 0.05) is 31.0 Å². The number of benzene rings is 2. The maximum atomic E-state index is 12.3. The number of hydrogen-bond acceptors (Lipinski definition) is 5. The lowest BCUT2D eigenvalue weighted by molar-refractivity contribution is -0.131. The molecule has 0 aliphatic heterocycles. The summed E-state index contributed by atoms with van der Waals surface area (Å²) in [7, 11) is 1.53. The molecule has 0 atom stereocenters. The van der Waals surface area contributed by atoms with E-state index in [4.69, 9.17) is 9.47 Å². The number of esters is 1. The van der Waals surface area contributed by atoms with Crippen molar-refractivity contribution >= 4 is 29.2 Å². The summed E-state index contributed by atoms with van der Waals surface area (Å²) in [5, 5.41) is 5.48. The summed E-state index contributed by atoms with van der Waals surface area (Å²) in [6, 6.07) is 13.1. The second kappa shape index (κ2) is 9.33. The van der Waals surface area contributed by atoms with Gasteiger partial charge in [0.1, 0.15) is 5.75 Å². The minimum Gasteiger partial charge on any atom is -0.427 e. The fraction of sp³-hybridized carbons (Fsp3) is 0.211. The van der Waals surface area contributed by atoms with Gasteiger partial charge in [-0.15, -0.1) is 0 Å². The van der Waals surface area contributed by atoms with E-state index < -0.39 is 5.97 Å². The molecule has 0 aliphatic rings. The van der Waals surface area contributed by atoms with E-state index in [0.29, 0.717) is 29.3 Å². The van der Waals surface area contributed by atoms with Crippen LogP contribution in [0.5, 0.6) is 5.75 Å². The molecule has 0 spiro atoms. The first-order valence-electron chi connectivity index (χ1n) is 7.96. The molecule has 136 valence electrons. The highest BCUT2D eigenvalue weighted by Crippen LogP contribution is 2.17. The average molecular weight is 356 g/mol. The monoisotopic (exact) mass is 356 g/mol. The quantitative estimate of drug-likeness (QED) is 0.588. The highest BCUT2D eigenvalue weighted by Gasteiger charge is 2.09. The molecule has 2 aromatic rings. The second-order valence-corrected chi connectivity index (χ2v) is 5.44. The molecule has 2 rings (SSSR count). The van der Waals surface area contributed by atoms with Crippen LogP contribution in [0.3, 0.4) is 0 Å². The summed E-state index contributed by atoms with van der Waals surface area (Å²) < 4.78 is 9.82. The molecule has 0 radical (unpaired) electrons. The number of hydrogen-bond donors (Lipinski definition) is 2. The smallest absolute Gasteiger partial charge is 0.308 e. The second-order valence-electron chi connectivity index (χ2n) is 5.44. The fourth-order valence-corrected chi connectivity index (χ4v) is 2.13. The minimum atomic E-state index is -0.453. The summed E-state index contributed by atoms with van der Waals surface area (Å²) in [5.74, 6) is -0.633. The van der Waals surface area contributed by atoms with Crippen LogP contribution >= 0.6 is 0 Å². The van der Waals surface area contributed by atoms with Crippen LogP contribution in [0, 0.1) is 0 Å². The van der Waals surface area contributed by atoms with Gasteiger partial charge in [-0.1, -0.05) is 6.07 Å². The summed E-state index contributed by atoms with van der Waals surface area (Å²) in [6.45, 7) is 1.65. The van der Waals surface area contributed by atoms with Crippen molar-refractivity contribution in [2.75, 3.05) is 24.4 Å². The fourth-order valence-electron chi connectivity index (χ4n) is 2.13. The maximum Gasteiger partial charge on any atom is 0.308 e. The van der Waals surface area contributed by atoms with Gasteiger partial charge in [-0.2, -0.15) is 0 Å². The van der Waals surface area contributed by atoms with Crippen LogP contribution in [0.2, 0.25) is 0 Å². The number of nitrogens with one attached hydrogen (secondary N) is 2.